The Morgan fingerprint density at radius 3 is 3.00 bits per heavy atom. The number of hydrogen-bond acceptors (Lipinski definition) is 2. The molecule has 1 aromatic carbocycles. The van der Waals surface area contributed by atoms with Gasteiger partial charge in [0.05, 0.1) is 18.2 Å². The molecule has 3 nitrogen and oxygen atoms in total. The molecule has 1 saturated heterocycles. The summed E-state index contributed by atoms with van der Waals surface area (Å²) in [5, 5.41) is 2.78. The summed E-state index contributed by atoms with van der Waals surface area (Å²) in [5.41, 5.74) is 0.715. The second-order valence-corrected chi connectivity index (χ2v) is 4.92. The summed E-state index contributed by atoms with van der Waals surface area (Å²) in [7, 11) is 0. The highest BCUT2D eigenvalue weighted by atomic mass is 79.9. The van der Waals surface area contributed by atoms with Crippen molar-refractivity contribution in [1.82, 2.24) is 5.32 Å². The lowest BCUT2D eigenvalue weighted by molar-refractivity contribution is 0.0925. The van der Waals surface area contributed by atoms with Gasteiger partial charge in [0.25, 0.3) is 5.91 Å². The van der Waals surface area contributed by atoms with Gasteiger partial charge in [0, 0.05) is 11.1 Å². The lowest BCUT2D eigenvalue weighted by Crippen LogP contribution is -2.36. The number of benzene rings is 1. The molecule has 0 radical (unpaired) electrons. The predicted molar refractivity (Wildman–Crippen MR) is 65.5 cm³/mol. The van der Waals surface area contributed by atoms with E-state index in [9.17, 15) is 9.18 Å². The summed E-state index contributed by atoms with van der Waals surface area (Å²) in [4.78, 5) is 12.0. The lowest BCUT2D eigenvalue weighted by atomic mass is 10.1. The molecule has 0 aromatic heterocycles. The maximum Gasteiger partial charge on any atom is 0.254 e. The van der Waals surface area contributed by atoms with Gasteiger partial charge in [-0.25, -0.2) is 4.39 Å². The van der Waals surface area contributed by atoms with Gasteiger partial charge >= 0.3 is 0 Å². The summed E-state index contributed by atoms with van der Waals surface area (Å²) >= 11 is 3.29. The number of amides is 1. The maximum atomic E-state index is 13.6. The second-order valence-electron chi connectivity index (χ2n) is 4.06. The van der Waals surface area contributed by atoms with E-state index in [0.717, 1.165) is 10.9 Å². The maximum absolute atomic E-state index is 13.6. The number of ether oxygens (including phenoxy) is 1. The minimum absolute atomic E-state index is 0.0136. The van der Waals surface area contributed by atoms with Crippen LogP contribution < -0.4 is 5.32 Å². The van der Waals surface area contributed by atoms with Gasteiger partial charge in [-0.15, -0.1) is 0 Å². The van der Waals surface area contributed by atoms with E-state index in [0.29, 0.717) is 18.8 Å². The first-order valence-electron chi connectivity index (χ1n) is 5.43. The second kappa shape index (κ2) is 5.14. The lowest BCUT2D eigenvalue weighted by Gasteiger charge is -2.13. The van der Waals surface area contributed by atoms with E-state index in [4.69, 9.17) is 4.74 Å². The highest BCUT2D eigenvalue weighted by molar-refractivity contribution is 9.10. The van der Waals surface area contributed by atoms with Gasteiger partial charge in [0.1, 0.15) is 5.82 Å². The quantitative estimate of drug-likeness (QED) is 0.911. The molecule has 1 unspecified atom stereocenters. The van der Waals surface area contributed by atoms with Crippen molar-refractivity contribution in [2.45, 2.75) is 19.4 Å². The third kappa shape index (κ3) is 2.66. The first-order chi connectivity index (χ1) is 8.09. The standard InChI is InChI=1S/C12H13BrFNO2/c1-7-9(13)2-3-10(14)11(7)12(16)15-8-4-5-17-6-8/h2-3,8H,4-6H2,1H3,(H,15,16). The van der Waals surface area contributed by atoms with Crippen LogP contribution >= 0.6 is 15.9 Å². The molecule has 1 amide bonds. The number of rotatable bonds is 2. The van der Waals surface area contributed by atoms with Gasteiger partial charge in [-0.05, 0) is 31.0 Å². The van der Waals surface area contributed by atoms with Crippen LogP contribution in [0.4, 0.5) is 4.39 Å². The van der Waals surface area contributed by atoms with E-state index in [2.05, 4.69) is 21.2 Å². The molecule has 0 bridgehead atoms. The van der Waals surface area contributed by atoms with E-state index in [1.165, 1.54) is 6.07 Å². The molecule has 1 aliphatic rings. The summed E-state index contributed by atoms with van der Waals surface area (Å²) in [6.45, 7) is 2.86. The Morgan fingerprint density at radius 2 is 2.35 bits per heavy atom. The Labute approximate surface area is 107 Å². The Hall–Kier alpha value is -0.940. The number of nitrogens with one attached hydrogen (secondary N) is 1. The summed E-state index contributed by atoms with van der Waals surface area (Å²) < 4.78 is 19.5. The average molecular weight is 302 g/mol. The van der Waals surface area contributed by atoms with Crippen molar-refractivity contribution in [2.75, 3.05) is 13.2 Å². The first-order valence-corrected chi connectivity index (χ1v) is 6.22. The fraction of sp³-hybridized carbons (Fsp3) is 0.417. The molecule has 5 heteroatoms. The van der Waals surface area contributed by atoms with Crippen molar-refractivity contribution in [3.8, 4) is 0 Å². The predicted octanol–water partition coefficient (Wildman–Crippen LogP) is 2.42. The molecule has 17 heavy (non-hydrogen) atoms. The van der Waals surface area contributed by atoms with Crippen molar-refractivity contribution in [1.29, 1.82) is 0 Å². The van der Waals surface area contributed by atoms with Crippen LogP contribution in [0.15, 0.2) is 16.6 Å². The Bertz CT molecular complexity index is 444. The molecule has 0 aliphatic carbocycles. The highest BCUT2D eigenvalue weighted by Gasteiger charge is 2.22. The Balaban J connectivity index is 2.21. The Morgan fingerprint density at radius 1 is 1.59 bits per heavy atom. The largest absolute Gasteiger partial charge is 0.379 e. The number of carbonyl (C=O) groups is 1. The van der Waals surface area contributed by atoms with Gasteiger partial charge in [0.15, 0.2) is 0 Å². The van der Waals surface area contributed by atoms with Gasteiger partial charge in [-0.2, -0.15) is 0 Å². The first kappa shape index (κ1) is 12.5. The van der Waals surface area contributed by atoms with Crippen molar-refractivity contribution in [2.24, 2.45) is 0 Å². The van der Waals surface area contributed by atoms with Gasteiger partial charge in [-0.1, -0.05) is 15.9 Å². The van der Waals surface area contributed by atoms with Crippen molar-refractivity contribution in [3.63, 3.8) is 0 Å². The molecule has 1 fully saturated rings. The molecular weight excluding hydrogens is 289 g/mol. The van der Waals surface area contributed by atoms with Crippen LogP contribution in [0.1, 0.15) is 22.3 Å². The molecule has 1 atom stereocenters. The summed E-state index contributed by atoms with van der Waals surface area (Å²) in [5.74, 6) is -0.876. The molecule has 0 spiro atoms. The van der Waals surface area contributed by atoms with Crippen LogP contribution in [0.5, 0.6) is 0 Å². The molecule has 1 N–H and O–H groups in total. The third-order valence-electron chi connectivity index (χ3n) is 2.84. The van der Waals surface area contributed by atoms with Crippen LogP contribution in [0.2, 0.25) is 0 Å². The molecule has 0 saturated carbocycles. The summed E-state index contributed by atoms with van der Waals surface area (Å²) in [6, 6.07) is 2.87. The van der Waals surface area contributed by atoms with Crippen molar-refractivity contribution in [3.05, 3.63) is 33.5 Å². The van der Waals surface area contributed by atoms with Crippen LogP contribution in [-0.2, 0) is 4.74 Å². The topological polar surface area (TPSA) is 38.3 Å². The minimum Gasteiger partial charge on any atom is -0.379 e. The molecule has 1 aliphatic heterocycles. The number of hydrogen-bond donors (Lipinski definition) is 1. The Kier molecular flexibility index (Phi) is 3.79. The van der Waals surface area contributed by atoms with E-state index in [-0.39, 0.29) is 17.5 Å². The van der Waals surface area contributed by atoms with Crippen LogP contribution in [0.25, 0.3) is 0 Å². The van der Waals surface area contributed by atoms with E-state index < -0.39 is 5.82 Å². The highest BCUT2D eigenvalue weighted by Crippen LogP contribution is 2.22. The molecular formula is C12H13BrFNO2. The van der Waals surface area contributed by atoms with E-state index in [1.54, 1.807) is 13.0 Å². The fourth-order valence-corrected chi connectivity index (χ4v) is 2.17. The van der Waals surface area contributed by atoms with E-state index in [1.807, 2.05) is 0 Å². The normalized spacial score (nSPS) is 19.4. The van der Waals surface area contributed by atoms with Crippen LogP contribution in [0.3, 0.4) is 0 Å². The van der Waals surface area contributed by atoms with Crippen molar-refractivity contribution >= 4 is 21.8 Å². The van der Waals surface area contributed by atoms with Crippen molar-refractivity contribution < 1.29 is 13.9 Å². The SMILES string of the molecule is Cc1c(Br)ccc(F)c1C(=O)NC1CCOC1. The zero-order chi connectivity index (χ0) is 12.4. The number of halogens is 2. The summed E-state index contributed by atoms with van der Waals surface area (Å²) in [6.07, 6.45) is 0.778. The zero-order valence-electron chi connectivity index (χ0n) is 9.43. The number of carbonyl (C=O) groups excluding carboxylic acids is 1. The third-order valence-corrected chi connectivity index (χ3v) is 3.70. The zero-order valence-corrected chi connectivity index (χ0v) is 11.0. The monoisotopic (exact) mass is 301 g/mol. The molecule has 1 aromatic rings. The average Bonchev–Trinajstić information content (AvgIpc) is 2.77. The van der Waals surface area contributed by atoms with Gasteiger partial charge in [-0.3, -0.25) is 4.79 Å². The molecule has 92 valence electrons. The van der Waals surface area contributed by atoms with Gasteiger partial charge in [0.2, 0.25) is 0 Å². The van der Waals surface area contributed by atoms with E-state index >= 15 is 0 Å². The minimum atomic E-state index is -0.498. The smallest absolute Gasteiger partial charge is 0.254 e. The fourth-order valence-electron chi connectivity index (χ4n) is 1.84. The molecule has 2 rings (SSSR count). The van der Waals surface area contributed by atoms with Gasteiger partial charge < -0.3 is 10.1 Å². The van der Waals surface area contributed by atoms with Crippen LogP contribution in [0, 0.1) is 12.7 Å². The molecule has 1 heterocycles. The van der Waals surface area contributed by atoms with Crippen LogP contribution in [-0.4, -0.2) is 25.2 Å².